The highest BCUT2D eigenvalue weighted by Crippen LogP contribution is 2.35. The van der Waals surface area contributed by atoms with E-state index in [1.807, 2.05) is 62.4 Å². The Kier molecular flexibility index (Phi) is 3.76. The third-order valence-corrected chi connectivity index (χ3v) is 3.81. The first-order valence-electron chi connectivity index (χ1n) is 7.28. The number of aryl methyl sites for hydroxylation is 2. The average molecular weight is 315 g/mol. The fourth-order valence-electron chi connectivity index (χ4n) is 2.48. The van der Waals surface area contributed by atoms with Gasteiger partial charge >= 0.3 is 6.18 Å². The number of benzene rings is 2. The Morgan fingerprint density at radius 2 is 1.30 bits per heavy atom. The second kappa shape index (κ2) is 5.61. The quantitative estimate of drug-likeness (QED) is 0.565. The lowest BCUT2D eigenvalue weighted by molar-refractivity contribution is -0.137. The Morgan fingerprint density at radius 1 is 0.783 bits per heavy atom. The molecule has 0 bridgehead atoms. The Balaban J connectivity index is 2.18. The predicted molar refractivity (Wildman–Crippen MR) is 85.7 cm³/mol. The van der Waals surface area contributed by atoms with E-state index in [1.165, 1.54) is 6.07 Å². The summed E-state index contributed by atoms with van der Waals surface area (Å²) in [6, 6.07) is 16.1. The lowest BCUT2D eigenvalue weighted by Gasteiger charge is -2.10. The standard InChI is InChI=1S/C19H16F3N/c1-13-3-7-15(8-4-13)18-11-16(19(20,21)22)12-23(18)17-9-5-14(2)6-10-17/h3-12H,1-2H3. The highest BCUT2D eigenvalue weighted by molar-refractivity contribution is 5.65. The molecule has 23 heavy (non-hydrogen) atoms. The molecule has 0 saturated carbocycles. The summed E-state index contributed by atoms with van der Waals surface area (Å²) in [5.41, 5.74) is 3.48. The van der Waals surface area contributed by atoms with Crippen LogP contribution in [0.1, 0.15) is 16.7 Å². The number of halogens is 3. The molecule has 1 heterocycles. The van der Waals surface area contributed by atoms with Crippen molar-refractivity contribution in [3.05, 3.63) is 77.5 Å². The number of hydrogen-bond acceptors (Lipinski definition) is 0. The zero-order chi connectivity index (χ0) is 16.6. The van der Waals surface area contributed by atoms with Crippen LogP contribution in [0.3, 0.4) is 0 Å². The molecule has 3 rings (SSSR count). The predicted octanol–water partition coefficient (Wildman–Crippen LogP) is 5.78. The van der Waals surface area contributed by atoms with Gasteiger partial charge in [-0.25, -0.2) is 0 Å². The highest BCUT2D eigenvalue weighted by atomic mass is 19.4. The number of aromatic nitrogens is 1. The van der Waals surface area contributed by atoms with Crippen LogP contribution in [0, 0.1) is 13.8 Å². The number of nitrogens with zero attached hydrogens (tertiary/aromatic N) is 1. The van der Waals surface area contributed by atoms with Gasteiger partial charge in [0.25, 0.3) is 0 Å². The van der Waals surface area contributed by atoms with Crippen molar-refractivity contribution in [1.29, 1.82) is 0 Å². The zero-order valence-electron chi connectivity index (χ0n) is 12.9. The fraction of sp³-hybridized carbons (Fsp3) is 0.158. The summed E-state index contributed by atoms with van der Waals surface area (Å²) in [6.07, 6.45) is -3.21. The monoisotopic (exact) mass is 315 g/mol. The van der Waals surface area contributed by atoms with E-state index in [9.17, 15) is 13.2 Å². The van der Waals surface area contributed by atoms with Crippen LogP contribution < -0.4 is 0 Å². The largest absolute Gasteiger partial charge is 0.417 e. The summed E-state index contributed by atoms with van der Waals surface area (Å²) in [5, 5.41) is 0. The lowest BCUT2D eigenvalue weighted by atomic mass is 10.1. The van der Waals surface area contributed by atoms with Crippen LogP contribution in [-0.2, 0) is 6.18 Å². The summed E-state index contributed by atoms with van der Waals surface area (Å²) in [4.78, 5) is 0. The zero-order valence-corrected chi connectivity index (χ0v) is 12.9. The van der Waals surface area contributed by atoms with E-state index in [1.54, 1.807) is 4.57 Å². The van der Waals surface area contributed by atoms with E-state index in [4.69, 9.17) is 0 Å². The van der Waals surface area contributed by atoms with Gasteiger partial charge in [-0.05, 0) is 37.6 Å². The molecule has 1 aromatic heterocycles. The second-order valence-corrected chi connectivity index (χ2v) is 5.68. The number of alkyl halides is 3. The Hall–Kier alpha value is -2.49. The Labute approximate surface area is 133 Å². The van der Waals surface area contributed by atoms with Crippen LogP contribution in [0.5, 0.6) is 0 Å². The van der Waals surface area contributed by atoms with Gasteiger partial charge in [0.2, 0.25) is 0 Å². The van der Waals surface area contributed by atoms with Crippen LogP contribution >= 0.6 is 0 Å². The summed E-state index contributed by atoms with van der Waals surface area (Å²) < 4.78 is 41.0. The molecule has 0 aliphatic carbocycles. The minimum Gasteiger partial charge on any atom is -0.316 e. The molecule has 3 aromatic rings. The summed E-state index contributed by atoms with van der Waals surface area (Å²) in [6.45, 7) is 3.89. The summed E-state index contributed by atoms with van der Waals surface area (Å²) in [5.74, 6) is 0. The minimum absolute atomic E-state index is 0.529. The van der Waals surface area contributed by atoms with Gasteiger partial charge in [-0.2, -0.15) is 13.2 Å². The van der Waals surface area contributed by atoms with E-state index < -0.39 is 11.7 Å². The molecule has 0 saturated heterocycles. The molecule has 0 radical (unpaired) electrons. The van der Waals surface area contributed by atoms with E-state index in [-0.39, 0.29) is 0 Å². The van der Waals surface area contributed by atoms with Gasteiger partial charge in [-0.15, -0.1) is 0 Å². The van der Waals surface area contributed by atoms with E-state index >= 15 is 0 Å². The molecule has 0 aliphatic rings. The van der Waals surface area contributed by atoms with E-state index in [2.05, 4.69) is 0 Å². The molecule has 0 fully saturated rings. The van der Waals surface area contributed by atoms with Crippen molar-refractivity contribution in [3.63, 3.8) is 0 Å². The molecule has 2 aromatic carbocycles. The molecule has 0 aliphatic heterocycles. The molecule has 0 atom stereocenters. The number of rotatable bonds is 2. The van der Waals surface area contributed by atoms with Gasteiger partial charge in [0.1, 0.15) is 0 Å². The van der Waals surface area contributed by atoms with Crippen LogP contribution in [-0.4, -0.2) is 4.57 Å². The van der Waals surface area contributed by atoms with Crippen LogP contribution in [0.25, 0.3) is 16.9 Å². The van der Waals surface area contributed by atoms with Crippen molar-refractivity contribution in [1.82, 2.24) is 4.57 Å². The molecule has 0 amide bonds. The first kappa shape index (κ1) is 15.4. The molecule has 118 valence electrons. The Bertz CT molecular complexity index is 746. The van der Waals surface area contributed by atoms with Gasteiger partial charge in [0, 0.05) is 11.9 Å². The first-order chi connectivity index (χ1) is 10.8. The van der Waals surface area contributed by atoms with Crippen LogP contribution in [0.4, 0.5) is 13.2 Å². The number of hydrogen-bond donors (Lipinski definition) is 0. The van der Waals surface area contributed by atoms with E-state index in [0.717, 1.165) is 22.9 Å². The summed E-state index contributed by atoms with van der Waals surface area (Å²) in [7, 11) is 0. The maximum atomic E-state index is 13.1. The van der Waals surface area contributed by atoms with Crippen LogP contribution in [0.2, 0.25) is 0 Å². The van der Waals surface area contributed by atoms with Gasteiger partial charge in [0.15, 0.2) is 0 Å². The second-order valence-electron chi connectivity index (χ2n) is 5.68. The summed E-state index contributed by atoms with van der Waals surface area (Å²) >= 11 is 0. The van der Waals surface area contributed by atoms with E-state index in [0.29, 0.717) is 11.4 Å². The minimum atomic E-state index is -4.37. The molecule has 4 heteroatoms. The molecular weight excluding hydrogens is 299 g/mol. The SMILES string of the molecule is Cc1ccc(-c2cc(C(F)(F)F)cn2-c2ccc(C)cc2)cc1. The highest BCUT2D eigenvalue weighted by Gasteiger charge is 2.33. The molecule has 0 spiro atoms. The fourth-order valence-corrected chi connectivity index (χ4v) is 2.48. The molecule has 0 unspecified atom stereocenters. The van der Waals surface area contributed by atoms with Crippen molar-refractivity contribution in [3.8, 4) is 16.9 Å². The third kappa shape index (κ3) is 3.16. The molecular formula is C19H16F3N. The maximum absolute atomic E-state index is 13.1. The van der Waals surface area contributed by atoms with Crippen molar-refractivity contribution >= 4 is 0 Å². The molecule has 1 nitrogen and oxygen atoms in total. The van der Waals surface area contributed by atoms with Crippen molar-refractivity contribution in [2.24, 2.45) is 0 Å². The molecule has 0 N–H and O–H groups in total. The smallest absolute Gasteiger partial charge is 0.316 e. The first-order valence-corrected chi connectivity index (χ1v) is 7.28. The van der Waals surface area contributed by atoms with Crippen molar-refractivity contribution in [2.75, 3.05) is 0 Å². The van der Waals surface area contributed by atoms with Gasteiger partial charge in [-0.1, -0.05) is 47.5 Å². The average Bonchev–Trinajstić information content (AvgIpc) is 2.94. The van der Waals surface area contributed by atoms with Crippen LogP contribution in [0.15, 0.2) is 60.8 Å². The topological polar surface area (TPSA) is 4.93 Å². The van der Waals surface area contributed by atoms with Crippen molar-refractivity contribution < 1.29 is 13.2 Å². The van der Waals surface area contributed by atoms with Gasteiger partial charge < -0.3 is 4.57 Å². The Morgan fingerprint density at radius 3 is 1.83 bits per heavy atom. The lowest BCUT2D eigenvalue weighted by Crippen LogP contribution is -2.02. The van der Waals surface area contributed by atoms with Gasteiger partial charge in [-0.3, -0.25) is 0 Å². The van der Waals surface area contributed by atoms with Gasteiger partial charge in [0.05, 0.1) is 11.3 Å². The maximum Gasteiger partial charge on any atom is 0.417 e. The normalized spacial score (nSPS) is 11.7. The third-order valence-electron chi connectivity index (χ3n) is 3.81. The van der Waals surface area contributed by atoms with Crippen molar-refractivity contribution in [2.45, 2.75) is 20.0 Å².